The standard InChI is InChI=1S/C30H36N2O4/c33-22-11-13-23-20(17-22)9-6-16-32-25-18-21(28(34)31-30(29(35)36)14-4-5-15-30)10-12-24(25)26(27(23)32)19-7-2-1-3-8-19/h10-13,17-19,26-27,33H,1-9,14-16H2,(H,31,34)(H,35,36). The lowest BCUT2D eigenvalue weighted by atomic mass is 9.73. The van der Waals surface area contributed by atoms with Crippen LogP contribution in [0.5, 0.6) is 5.75 Å². The van der Waals surface area contributed by atoms with Crippen LogP contribution in [0.15, 0.2) is 36.4 Å². The number of benzene rings is 2. The van der Waals surface area contributed by atoms with Crippen molar-refractivity contribution in [3.05, 3.63) is 58.7 Å². The summed E-state index contributed by atoms with van der Waals surface area (Å²) in [6.07, 6.45) is 10.8. The number of carbonyl (C=O) groups is 2. The van der Waals surface area contributed by atoms with Gasteiger partial charge in [-0.2, -0.15) is 0 Å². The molecule has 6 rings (SSSR count). The number of amides is 1. The van der Waals surface area contributed by atoms with E-state index in [9.17, 15) is 19.8 Å². The Hall–Kier alpha value is -3.02. The topological polar surface area (TPSA) is 89.9 Å². The number of hydrogen-bond acceptors (Lipinski definition) is 4. The Labute approximate surface area is 212 Å². The summed E-state index contributed by atoms with van der Waals surface area (Å²) in [5.74, 6) is 0.0593. The Balaban J connectivity index is 1.39. The number of hydrogen-bond donors (Lipinski definition) is 3. The molecule has 2 unspecified atom stereocenters. The highest BCUT2D eigenvalue weighted by Crippen LogP contribution is 2.56. The number of carbonyl (C=O) groups excluding carboxylic acids is 1. The van der Waals surface area contributed by atoms with Crippen LogP contribution >= 0.6 is 0 Å². The van der Waals surface area contributed by atoms with Crippen molar-refractivity contribution in [2.24, 2.45) is 5.92 Å². The molecule has 36 heavy (non-hydrogen) atoms. The highest BCUT2D eigenvalue weighted by Gasteiger charge is 2.46. The molecule has 2 fully saturated rings. The molecule has 0 bridgehead atoms. The predicted octanol–water partition coefficient (Wildman–Crippen LogP) is 5.69. The number of phenolic OH excluding ortho intramolecular Hbond substituents is 1. The number of aryl methyl sites for hydroxylation is 1. The van der Waals surface area contributed by atoms with Gasteiger partial charge in [0.1, 0.15) is 11.3 Å². The molecule has 0 saturated heterocycles. The Morgan fingerprint density at radius 1 is 0.917 bits per heavy atom. The van der Waals surface area contributed by atoms with Crippen molar-refractivity contribution < 1.29 is 19.8 Å². The number of nitrogens with one attached hydrogen (secondary N) is 1. The summed E-state index contributed by atoms with van der Waals surface area (Å²) in [5, 5.41) is 22.9. The van der Waals surface area contributed by atoms with Crippen molar-refractivity contribution in [2.45, 2.75) is 88.1 Å². The van der Waals surface area contributed by atoms with E-state index in [1.807, 2.05) is 24.3 Å². The molecule has 2 aliphatic heterocycles. The van der Waals surface area contributed by atoms with Crippen LogP contribution in [0.2, 0.25) is 0 Å². The molecule has 2 aromatic rings. The second-order valence-electron chi connectivity index (χ2n) is 11.4. The zero-order chi connectivity index (χ0) is 24.9. The molecular formula is C30H36N2O4. The minimum atomic E-state index is -1.15. The molecule has 190 valence electrons. The largest absolute Gasteiger partial charge is 0.508 e. The Morgan fingerprint density at radius 3 is 2.42 bits per heavy atom. The van der Waals surface area contributed by atoms with Crippen LogP contribution < -0.4 is 10.2 Å². The molecule has 6 heteroatoms. The van der Waals surface area contributed by atoms with E-state index in [1.165, 1.54) is 48.8 Å². The summed E-state index contributed by atoms with van der Waals surface area (Å²) in [6.45, 7) is 0.903. The maximum absolute atomic E-state index is 13.3. The molecule has 0 aromatic heterocycles. The van der Waals surface area contributed by atoms with E-state index in [0.717, 1.165) is 37.9 Å². The molecule has 2 aromatic carbocycles. The van der Waals surface area contributed by atoms with Crippen LogP contribution in [0.25, 0.3) is 0 Å². The Morgan fingerprint density at radius 2 is 1.67 bits per heavy atom. The monoisotopic (exact) mass is 488 g/mol. The number of carboxylic acid groups (broad SMARTS) is 1. The first-order valence-electron chi connectivity index (χ1n) is 13.8. The number of fused-ring (bicyclic) bond motifs is 5. The van der Waals surface area contributed by atoms with Gasteiger partial charge in [0.2, 0.25) is 0 Å². The fraction of sp³-hybridized carbons (Fsp3) is 0.533. The lowest BCUT2D eigenvalue weighted by Gasteiger charge is -2.35. The molecule has 0 radical (unpaired) electrons. The number of aliphatic carboxylic acids is 1. The smallest absolute Gasteiger partial charge is 0.329 e. The third-order valence-corrected chi connectivity index (χ3v) is 9.30. The van der Waals surface area contributed by atoms with Crippen molar-refractivity contribution in [3.8, 4) is 5.75 Å². The zero-order valence-corrected chi connectivity index (χ0v) is 20.8. The molecule has 2 aliphatic carbocycles. The summed E-state index contributed by atoms with van der Waals surface area (Å²) >= 11 is 0. The highest BCUT2D eigenvalue weighted by atomic mass is 16.4. The van der Waals surface area contributed by atoms with Gasteiger partial charge >= 0.3 is 5.97 Å². The maximum Gasteiger partial charge on any atom is 0.329 e. The first-order valence-corrected chi connectivity index (χ1v) is 13.8. The zero-order valence-electron chi connectivity index (χ0n) is 20.8. The third kappa shape index (κ3) is 3.86. The second kappa shape index (κ2) is 9.13. The molecule has 4 aliphatic rings. The second-order valence-corrected chi connectivity index (χ2v) is 11.4. The van der Waals surface area contributed by atoms with Gasteiger partial charge in [0.15, 0.2) is 0 Å². The summed E-state index contributed by atoms with van der Waals surface area (Å²) in [6, 6.07) is 12.1. The minimum absolute atomic E-state index is 0.208. The Bertz CT molecular complexity index is 1180. The van der Waals surface area contributed by atoms with Crippen LogP contribution in [0, 0.1) is 5.92 Å². The average molecular weight is 489 g/mol. The SMILES string of the molecule is O=C(NC1(C(=O)O)CCCC1)c1ccc2c(c1)N1CCCc3cc(O)ccc3C1C2C1CCCCC1. The first kappa shape index (κ1) is 23.4. The van der Waals surface area contributed by atoms with Crippen LogP contribution in [-0.4, -0.2) is 34.2 Å². The van der Waals surface area contributed by atoms with Crippen molar-refractivity contribution in [3.63, 3.8) is 0 Å². The molecule has 2 heterocycles. The summed E-state index contributed by atoms with van der Waals surface area (Å²) in [4.78, 5) is 27.9. The average Bonchev–Trinajstić information content (AvgIpc) is 3.43. The van der Waals surface area contributed by atoms with Gasteiger partial charge in [0.05, 0.1) is 6.04 Å². The van der Waals surface area contributed by atoms with Gasteiger partial charge in [-0.1, -0.05) is 44.2 Å². The van der Waals surface area contributed by atoms with Gasteiger partial charge in [-0.15, -0.1) is 0 Å². The predicted molar refractivity (Wildman–Crippen MR) is 139 cm³/mol. The van der Waals surface area contributed by atoms with Crippen molar-refractivity contribution in [1.29, 1.82) is 0 Å². The van der Waals surface area contributed by atoms with Gasteiger partial charge in [0.25, 0.3) is 5.91 Å². The minimum Gasteiger partial charge on any atom is -0.508 e. The van der Waals surface area contributed by atoms with Crippen LogP contribution in [0.1, 0.15) is 103 Å². The molecule has 0 spiro atoms. The maximum atomic E-state index is 13.3. The lowest BCUT2D eigenvalue weighted by Crippen LogP contribution is -2.52. The van der Waals surface area contributed by atoms with Gasteiger partial charge < -0.3 is 20.4 Å². The molecule has 1 amide bonds. The summed E-state index contributed by atoms with van der Waals surface area (Å²) < 4.78 is 0. The number of phenols is 1. The lowest BCUT2D eigenvalue weighted by molar-refractivity contribution is -0.144. The molecule has 2 saturated carbocycles. The number of aromatic hydroxyl groups is 1. The summed E-state index contributed by atoms with van der Waals surface area (Å²) in [7, 11) is 0. The quantitative estimate of drug-likeness (QED) is 0.514. The molecule has 3 N–H and O–H groups in total. The number of rotatable bonds is 4. The van der Waals surface area contributed by atoms with E-state index in [4.69, 9.17) is 0 Å². The van der Waals surface area contributed by atoms with Crippen LogP contribution in [-0.2, 0) is 11.2 Å². The number of carboxylic acids is 1. The van der Waals surface area contributed by atoms with E-state index in [-0.39, 0.29) is 11.9 Å². The van der Waals surface area contributed by atoms with Gasteiger partial charge in [-0.05, 0) is 85.4 Å². The van der Waals surface area contributed by atoms with Crippen molar-refractivity contribution in [1.82, 2.24) is 5.32 Å². The van der Waals surface area contributed by atoms with E-state index in [2.05, 4.69) is 22.3 Å². The normalized spacial score (nSPS) is 24.9. The van der Waals surface area contributed by atoms with E-state index in [1.54, 1.807) is 0 Å². The van der Waals surface area contributed by atoms with Gasteiger partial charge in [-0.25, -0.2) is 4.79 Å². The Kier molecular flexibility index (Phi) is 5.93. The van der Waals surface area contributed by atoms with E-state index in [0.29, 0.717) is 36.0 Å². The molecule has 6 nitrogen and oxygen atoms in total. The van der Waals surface area contributed by atoms with Gasteiger partial charge in [-0.3, -0.25) is 4.79 Å². The van der Waals surface area contributed by atoms with Gasteiger partial charge in [0, 0.05) is 23.7 Å². The van der Waals surface area contributed by atoms with Crippen molar-refractivity contribution in [2.75, 3.05) is 11.4 Å². The van der Waals surface area contributed by atoms with E-state index >= 15 is 0 Å². The highest BCUT2D eigenvalue weighted by molar-refractivity contribution is 5.99. The fourth-order valence-electron chi connectivity index (χ4n) is 7.55. The number of anilines is 1. The molecule has 2 atom stereocenters. The van der Waals surface area contributed by atoms with Crippen LogP contribution in [0.4, 0.5) is 5.69 Å². The van der Waals surface area contributed by atoms with E-state index < -0.39 is 11.5 Å². The first-order chi connectivity index (χ1) is 17.5. The van der Waals surface area contributed by atoms with Crippen molar-refractivity contribution >= 4 is 17.6 Å². The van der Waals surface area contributed by atoms with Crippen LogP contribution in [0.3, 0.4) is 0 Å². The molecular weight excluding hydrogens is 452 g/mol. The fourth-order valence-corrected chi connectivity index (χ4v) is 7.55. The number of nitrogens with zero attached hydrogens (tertiary/aromatic N) is 1. The third-order valence-electron chi connectivity index (χ3n) is 9.30. The summed E-state index contributed by atoms with van der Waals surface area (Å²) in [5.41, 5.74) is 4.38.